The summed E-state index contributed by atoms with van der Waals surface area (Å²) in [6.45, 7) is 3.88. The molecule has 1 saturated heterocycles. The molecule has 0 unspecified atom stereocenters. The molecule has 3 atom stereocenters. The Kier molecular flexibility index (Phi) is 5.28. The molecule has 3 heterocycles. The Balaban J connectivity index is 1.81. The average Bonchev–Trinajstić information content (AvgIpc) is 3.19. The van der Waals surface area contributed by atoms with Gasteiger partial charge in [-0.15, -0.1) is 6.42 Å². The fourth-order valence-electron chi connectivity index (χ4n) is 3.17. The largest absolute Gasteiger partial charge is 0.461 e. The van der Waals surface area contributed by atoms with E-state index >= 15 is 0 Å². The van der Waals surface area contributed by atoms with Gasteiger partial charge in [0.2, 0.25) is 0 Å². The van der Waals surface area contributed by atoms with E-state index in [-0.39, 0.29) is 35.5 Å². The van der Waals surface area contributed by atoms with Crippen LogP contribution in [-0.2, 0) is 14.3 Å². The van der Waals surface area contributed by atoms with Crippen LogP contribution in [0.1, 0.15) is 45.8 Å². The number of unbranched alkanes of at least 4 members (excludes halogenated alkanes) is 1. The molecular formula is C18H22FN5O3. The summed E-state index contributed by atoms with van der Waals surface area (Å²) in [4.78, 5) is 23.2. The van der Waals surface area contributed by atoms with Crippen molar-refractivity contribution in [2.24, 2.45) is 5.92 Å². The maximum atomic E-state index is 13.6. The first kappa shape index (κ1) is 19.0. The average molecular weight is 375 g/mol. The number of nitrogen functional groups attached to an aromatic ring is 1. The fraction of sp³-hybridized carbons (Fsp3) is 0.556. The minimum atomic E-state index is -1.07. The number of carbonyl (C=O) groups excluding carboxylic acids is 1. The molecule has 0 saturated carbocycles. The van der Waals surface area contributed by atoms with Crippen LogP contribution in [0.3, 0.4) is 0 Å². The molecule has 8 nitrogen and oxygen atoms in total. The third-order valence-electron chi connectivity index (χ3n) is 4.86. The number of hydrogen-bond donors (Lipinski definition) is 1. The van der Waals surface area contributed by atoms with Crippen molar-refractivity contribution in [2.75, 3.05) is 12.3 Å². The van der Waals surface area contributed by atoms with Gasteiger partial charge >= 0.3 is 12.0 Å². The third-order valence-corrected chi connectivity index (χ3v) is 4.86. The Labute approximate surface area is 156 Å². The van der Waals surface area contributed by atoms with Crippen molar-refractivity contribution in [1.82, 2.24) is 19.5 Å². The molecular weight excluding hydrogens is 353 g/mol. The molecule has 2 aromatic rings. The highest BCUT2D eigenvalue weighted by atomic mass is 19.1. The number of nitrogens with zero attached hydrogens (tertiary/aromatic N) is 4. The third kappa shape index (κ3) is 3.57. The molecule has 3 rings (SSSR count). The molecule has 0 bridgehead atoms. The van der Waals surface area contributed by atoms with Crippen molar-refractivity contribution >= 4 is 23.0 Å². The van der Waals surface area contributed by atoms with Crippen LogP contribution in [-0.4, -0.2) is 37.7 Å². The highest BCUT2D eigenvalue weighted by Crippen LogP contribution is 2.42. The lowest BCUT2D eigenvalue weighted by Crippen LogP contribution is -2.39. The summed E-state index contributed by atoms with van der Waals surface area (Å²) in [5.41, 5.74) is 5.15. The molecule has 9 heteroatoms. The SMILES string of the molecule is C#C[C@]1(COC(=O)CCCC)O[C@@H](n2cnc3c(N)nc(F)nc32)C[C@@H]1C. The van der Waals surface area contributed by atoms with Crippen LogP contribution < -0.4 is 5.73 Å². The Morgan fingerprint density at radius 2 is 2.37 bits per heavy atom. The topological polar surface area (TPSA) is 105 Å². The van der Waals surface area contributed by atoms with Gasteiger partial charge in [0.25, 0.3) is 0 Å². The lowest BCUT2D eigenvalue weighted by Gasteiger charge is -2.27. The molecule has 1 aliphatic heterocycles. The summed E-state index contributed by atoms with van der Waals surface area (Å²) in [6, 6.07) is 0. The molecule has 2 aromatic heterocycles. The number of hydrogen-bond acceptors (Lipinski definition) is 7. The number of rotatable bonds is 6. The van der Waals surface area contributed by atoms with Gasteiger partial charge in [0, 0.05) is 12.3 Å². The van der Waals surface area contributed by atoms with Crippen LogP contribution in [0, 0.1) is 24.3 Å². The number of imidazole rings is 1. The summed E-state index contributed by atoms with van der Waals surface area (Å²) in [6.07, 6.45) is 8.23. The maximum absolute atomic E-state index is 13.6. The number of anilines is 1. The van der Waals surface area contributed by atoms with Crippen molar-refractivity contribution in [3.63, 3.8) is 0 Å². The Morgan fingerprint density at radius 1 is 1.59 bits per heavy atom. The van der Waals surface area contributed by atoms with E-state index < -0.39 is 17.9 Å². The van der Waals surface area contributed by atoms with Gasteiger partial charge in [-0.3, -0.25) is 9.36 Å². The van der Waals surface area contributed by atoms with Gasteiger partial charge in [-0.2, -0.15) is 14.4 Å². The molecule has 0 aliphatic carbocycles. The predicted molar refractivity (Wildman–Crippen MR) is 95.6 cm³/mol. The highest BCUT2D eigenvalue weighted by Gasteiger charge is 2.47. The van der Waals surface area contributed by atoms with E-state index in [1.807, 2.05) is 13.8 Å². The monoisotopic (exact) mass is 375 g/mol. The van der Waals surface area contributed by atoms with Gasteiger partial charge in [-0.25, -0.2) is 4.98 Å². The predicted octanol–water partition coefficient (Wildman–Crippen LogP) is 2.21. The molecule has 0 radical (unpaired) electrons. The zero-order valence-corrected chi connectivity index (χ0v) is 15.3. The van der Waals surface area contributed by atoms with Gasteiger partial charge in [-0.1, -0.05) is 26.2 Å². The number of terminal acetylenes is 1. The summed E-state index contributed by atoms with van der Waals surface area (Å²) >= 11 is 0. The smallest absolute Gasteiger partial charge is 0.312 e. The summed E-state index contributed by atoms with van der Waals surface area (Å²) in [7, 11) is 0. The van der Waals surface area contributed by atoms with E-state index in [0.717, 1.165) is 12.8 Å². The molecule has 1 aliphatic rings. The zero-order chi connectivity index (χ0) is 19.6. The van der Waals surface area contributed by atoms with Gasteiger partial charge < -0.3 is 15.2 Å². The van der Waals surface area contributed by atoms with Crippen LogP contribution in [0.5, 0.6) is 0 Å². The quantitative estimate of drug-likeness (QED) is 0.469. The number of carbonyl (C=O) groups is 1. The summed E-state index contributed by atoms with van der Waals surface area (Å²) in [5, 5.41) is 0. The summed E-state index contributed by atoms with van der Waals surface area (Å²) < 4.78 is 26.6. The lowest BCUT2D eigenvalue weighted by atomic mass is 9.90. The fourth-order valence-corrected chi connectivity index (χ4v) is 3.17. The van der Waals surface area contributed by atoms with E-state index in [4.69, 9.17) is 21.6 Å². The minimum absolute atomic E-state index is 0.0399. The van der Waals surface area contributed by atoms with Crippen molar-refractivity contribution < 1.29 is 18.7 Å². The number of ether oxygens (including phenoxy) is 2. The molecule has 2 N–H and O–H groups in total. The Morgan fingerprint density at radius 3 is 3.07 bits per heavy atom. The Bertz CT molecular complexity index is 893. The van der Waals surface area contributed by atoms with Crippen LogP contribution in [0.2, 0.25) is 0 Å². The minimum Gasteiger partial charge on any atom is -0.461 e. The van der Waals surface area contributed by atoms with Gasteiger partial charge in [0.05, 0.1) is 6.33 Å². The van der Waals surface area contributed by atoms with Gasteiger partial charge in [-0.05, 0) is 12.8 Å². The van der Waals surface area contributed by atoms with E-state index in [2.05, 4.69) is 20.9 Å². The van der Waals surface area contributed by atoms with Crippen molar-refractivity contribution in [3.05, 3.63) is 12.4 Å². The molecule has 27 heavy (non-hydrogen) atoms. The molecule has 0 spiro atoms. The highest BCUT2D eigenvalue weighted by molar-refractivity contribution is 5.81. The first-order valence-electron chi connectivity index (χ1n) is 8.87. The number of halogens is 1. The van der Waals surface area contributed by atoms with Crippen LogP contribution in [0.4, 0.5) is 10.2 Å². The molecule has 0 amide bonds. The van der Waals surface area contributed by atoms with E-state index in [0.29, 0.717) is 12.8 Å². The van der Waals surface area contributed by atoms with Crippen molar-refractivity contribution in [1.29, 1.82) is 0 Å². The van der Waals surface area contributed by atoms with Crippen LogP contribution in [0.15, 0.2) is 6.33 Å². The number of esters is 1. The second kappa shape index (κ2) is 7.48. The van der Waals surface area contributed by atoms with Crippen LogP contribution >= 0.6 is 0 Å². The maximum Gasteiger partial charge on any atom is 0.312 e. The normalized spacial score (nSPS) is 24.8. The van der Waals surface area contributed by atoms with E-state index in [1.165, 1.54) is 6.33 Å². The van der Waals surface area contributed by atoms with Crippen LogP contribution in [0.25, 0.3) is 11.2 Å². The number of aromatic nitrogens is 4. The lowest BCUT2D eigenvalue weighted by molar-refractivity contribution is -0.154. The number of fused-ring (bicyclic) bond motifs is 1. The Hall–Kier alpha value is -2.73. The van der Waals surface area contributed by atoms with Gasteiger partial charge in [0.15, 0.2) is 22.6 Å². The van der Waals surface area contributed by atoms with Crippen molar-refractivity contribution in [2.45, 2.75) is 51.4 Å². The van der Waals surface area contributed by atoms with E-state index in [9.17, 15) is 9.18 Å². The number of nitrogens with two attached hydrogens (primary N) is 1. The summed E-state index contributed by atoms with van der Waals surface area (Å²) in [5.74, 6) is 2.18. The molecule has 0 aromatic carbocycles. The molecule has 1 fully saturated rings. The first-order valence-corrected chi connectivity index (χ1v) is 8.87. The zero-order valence-electron chi connectivity index (χ0n) is 15.3. The van der Waals surface area contributed by atoms with E-state index in [1.54, 1.807) is 4.57 Å². The first-order chi connectivity index (χ1) is 12.9. The second-order valence-electron chi connectivity index (χ2n) is 6.71. The second-order valence-corrected chi connectivity index (χ2v) is 6.71. The standard InChI is InChI=1S/C18H22FN5O3/c1-4-6-7-13(25)26-9-18(5-2)11(3)8-12(27-18)24-10-21-14-15(20)22-17(19)23-16(14)24/h2,10-12H,4,6-9H2,1,3H3,(H2,20,22,23)/t11-,12+,18+/m0/s1. The molecule has 144 valence electrons. The van der Waals surface area contributed by atoms with Crippen molar-refractivity contribution in [3.8, 4) is 12.3 Å². The van der Waals surface area contributed by atoms with Gasteiger partial charge in [0.1, 0.15) is 12.8 Å².